The summed E-state index contributed by atoms with van der Waals surface area (Å²) in [5.74, 6) is -1.36. The number of benzene rings is 2. The number of nitriles is 1. The van der Waals surface area contributed by atoms with E-state index in [1.807, 2.05) is 6.07 Å². The molecule has 7 nitrogen and oxygen atoms in total. The number of nitro benzene ring substituents is 1. The van der Waals surface area contributed by atoms with Crippen LogP contribution in [0.5, 0.6) is 0 Å². The summed E-state index contributed by atoms with van der Waals surface area (Å²) in [6.07, 6.45) is 0. The zero-order valence-corrected chi connectivity index (χ0v) is 13.1. The molecular formula is C15H12FN3O4S. The van der Waals surface area contributed by atoms with E-state index < -0.39 is 26.5 Å². The fraction of sp³-hybridized carbons (Fsp3) is 0.133. The number of nitrogens with zero attached hydrogens (tertiary/aromatic N) is 2. The first-order chi connectivity index (χ1) is 11.3. The number of non-ortho nitro benzene ring substituents is 1. The van der Waals surface area contributed by atoms with E-state index in [1.54, 1.807) is 0 Å². The van der Waals surface area contributed by atoms with Crippen LogP contribution in [-0.4, -0.2) is 13.3 Å². The molecule has 124 valence electrons. The smallest absolute Gasteiger partial charge is 0.258 e. The Balaban J connectivity index is 2.11. The van der Waals surface area contributed by atoms with E-state index in [0.29, 0.717) is 5.56 Å². The third-order valence-corrected chi connectivity index (χ3v) is 4.41. The van der Waals surface area contributed by atoms with Crippen LogP contribution in [-0.2, 0) is 22.3 Å². The molecule has 0 amide bonds. The first-order valence-electron chi connectivity index (χ1n) is 6.70. The summed E-state index contributed by atoms with van der Waals surface area (Å²) in [5, 5.41) is 19.5. The van der Waals surface area contributed by atoms with Crippen LogP contribution in [0.3, 0.4) is 0 Å². The van der Waals surface area contributed by atoms with Gasteiger partial charge in [0, 0.05) is 24.2 Å². The normalized spacial score (nSPS) is 11.0. The Morgan fingerprint density at radius 2 is 2.00 bits per heavy atom. The minimum Gasteiger partial charge on any atom is -0.258 e. The standard InChI is InChI=1S/C15H12FN3O4S/c16-15-5-4-11(8-17)6-13(15)10-24(22,23)18-9-12-2-1-3-14(7-12)19(20)21/h1-7,18H,9-10H2. The summed E-state index contributed by atoms with van der Waals surface area (Å²) in [4.78, 5) is 10.1. The molecule has 0 bridgehead atoms. The van der Waals surface area contributed by atoms with Crippen LogP contribution < -0.4 is 4.72 Å². The maximum absolute atomic E-state index is 13.7. The minimum atomic E-state index is -3.88. The van der Waals surface area contributed by atoms with E-state index in [4.69, 9.17) is 5.26 Å². The van der Waals surface area contributed by atoms with E-state index in [1.165, 1.54) is 36.4 Å². The van der Waals surface area contributed by atoms with E-state index in [0.717, 1.165) is 6.07 Å². The Hall–Kier alpha value is -2.83. The number of nitro groups is 1. The first-order valence-corrected chi connectivity index (χ1v) is 8.35. The number of hydrogen-bond acceptors (Lipinski definition) is 5. The zero-order valence-electron chi connectivity index (χ0n) is 12.3. The summed E-state index contributed by atoms with van der Waals surface area (Å²) < 4.78 is 40.0. The Morgan fingerprint density at radius 3 is 2.67 bits per heavy atom. The fourth-order valence-corrected chi connectivity index (χ4v) is 3.10. The Morgan fingerprint density at radius 1 is 1.25 bits per heavy atom. The van der Waals surface area contributed by atoms with Gasteiger partial charge in [-0.3, -0.25) is 10.1 Å². The molecule has 0 atom stereocenters. The third-order valence-electron chi connectivity index (χ3n) is 3.14. The van der Waals surface area contributed by atoms with Crippen molar-refractivity contribution in [3.05, 3.63) is 75.1 Å². The van der Waals surface area contributed by atoms with Crippen LogP contribution in [0.25, 0.3) is 0 Å². The van der Waals surface area contributed by atoms with E-state index in [9.17, 15) is 22.9 Å². The number of hydrogen-bond donors (Lipinski definition) is 1. The predicted octanol–water partition coefficient (Wildman–Crippen LogP) is 2.23. The predicted molar refractivity (Wildman–Crippen MR) is 83.7 cm³/mol. The van der Waals surface area contributed by atoms with Crippen molar-refractivity contribution in [2.45, 2.75) is 12.3 Å². The van der Waals surface area contributed by atoms with E-state index in [-0.39, 0.29) is 23.4 Å². The van der Waals surface area contributed by atoms with Crippen LogP contribution in [0, 0.1) is 27.3 Å². The van der Waals surface area contributed by atoms with Gasteiger partial charge in [-0.1, -0.05) is 12.1 Å². The van der Waals surface area contributed by atoms with Crippen molar-refractivity contribution < 1.29 is 17.7 Å². The average molecular weight is 349 g/mol. The summed E-state index contributed by atoms with van der Waals surface area (Å²) in [6.45, 7) is -0.163. The van der Waals surface area contributed by atoms with Gasteiger partial charge in [0.1, 0.15) is 5.82 Å². The molecule has 2 rings (SSSR count). The van der Waals surface area contributed by atoms with Crippen LogP contribution in [0.2, 0.25) is 0 Å². The SMILES string of the molecule is N#Cc1ccc(F)c(CS(=O)(=O)NCc2cccc([N+](=O)[O-])c2)c1. The lowest BCUT2D eigenvalue weighted by molar-refractivity contribution is -0.384. The molecule has 0 radical (unpaired) electrons. The van der Waals surface area contributed by atoms with Gasteiger partial charge in [-0.05, 0) is 23.8 Å². The van der Waals surface area contributed by atoms with Gasteiger partial charge in [0.15, 0.2) is 0 Å². The molecule has 9 heteroatoms. The fourth-order valence-electron chi connectivity index (χ4n) is 1.98. The molecule has 1 N–H and O–H groups in total. The second-order valence-corrected chi connectivity index (χ2v) is 6.73. The molecule has 0 aliphatic carbocycles. The Bertz CT molecular complexity index is 923. The van der Waals surface area contributed by atoms with E-state index in [2.05, 4.69) is 4.72 Å². The molecule has 0 heterocycles. The topological polar surface area (TPSA) is 113 Å². The highest BCUT2D eigenvalue weighted by Crippen LogP contribution is 2.15. The van der Waals surface area contributed by atoms with Crippen molar-refractivity contribution in [2.75, 3.05) is 0 Å². The molecule has 0 aliphatic rings. The highest BCUT2D eigenvalue weighted by molar-refractivity contribution is 7.88. The van der Waals surface area contributed by atoms with Crippen molar-refractivity contribution in [3.8, 4) is 6.07 Å². The summed E-state index contributed by atoms with van der Waals surface area (Å²) in [5.41, 5.74) is 0.277. The van der Waals surface area contributed by atoms with Crippen molar-refractivity contribution in [2.24, 2.45) is 0 Å². The molecule has 2 aromatic rings. The van der Waals surface area contributed by atoms with Gasteiger partial charge >= 0.3 is 0 Å². The average Bonchev–Trinajstić information content (AvgIpc) is 2.55. The largest absolute Gasteiger partial charge is 0.269 e. The number of nitrogens with one attached hydrogen (secondary N) is 1. The Kier molecular flexibility index (Phi) is 5.23. The van der Waals surface area contributed by atoms with Gasteiger partial charge < -0.3 is 0 Å². The summed E-state index contributed by atoms with van der Waals surface area (Å²) in [6, 6.07) is 10.8. The lowest BCUT2D eigenvalue weighted by Crippen LogP contribution is -2.25. The van der Waals surface area contributed by atoms with Gasteiger partial charge in [-0.2, -0.15) is 5.26 Å². The second-order valence-electron chi connectivity index (χ2n) is 4.93. The summed E-state index contributed by atoms with van der Waals surface area (Å²) in [7, 11) is -3.88. The Labute approximate surface area is 137 Å². The molecule has 0 unspecified atom stereocenters. The molecule has 0 saturated heterocycles. The van der Waals surface area contributed by atoms with Crippen molar-refractivity contribution in [1.82, 2.24) is 4.72 Å². The van der Waals surface area contributed by atoms with E-state index >= 15 is 0 Å². The number of sulfonamides is 1. The van der Waals surface area contributed by atoms with Gasteiger partial charge in [-0.25, -0.2) is 17.5 Å². The third kappa shape index (κ3) is 4.58. The number of halogens is 1. The number of rotatable bonds is 6. The minimum absolute atomic E-state index is 0.124. The van der Waals surface area contributed by atoms with Gasteiger partial charge in [-0.15, -0.1) is 0 Å². The van der Waals surface area contributed by atoms with Crippen LogP contribution in [0.4, 0.5) is 10.1 Å². The highest BCUT2D eigenvalue weighted by atomic mass is 32.2. The summed E-state index contributed by atoms with van der Waals surface area (Å²) >= 11 is 0. The van der Waals surface area contributed by atoms with Gasteiger partial charge in [0.2, 0.25) is 10.0 Å². The molecule has 0 aromatic heterocycles. The van der Waals surface area contributed by atoms with Crippen molar-refractivity contribution >= 4 is 15.7 Å². The van der Waals surface area contributed by atoms with Crippen LogP contribution in [0.1, 0.15) is 16.7 Å². The van der Waals surface area contributed by atoms with Crippen LogP contribution in [0.15, 0.2) is 42.5 Å². The van der Waals surface area contributed by atoms with Crippen molar-refractivity contribution in [3.63, 3.8) is 0 Å². The lowest BCUT2D eigenvalue weighted by atomic mass is 10.1. The quantitative estimate of drug-likeness (QED) is 0.634. The second kappa shape index (κ2) is 7.16. The molecule has 0 spiro atoms. The van der Waals surface area contributed by atoms with Crippen molar-refractivity contribution in [1.29, 1.82) is 5.26 Å². The van der Waals surface area contributed by atoms with Gasteiger partial charge in [0.05, 0.1) is 22.3 Å². The maximum Gasteiger partial charge on any atom is 0.269 e. The highest BCUT2D eigenvalue weighted by Gasteiger charge is 2.16. The first kappa shape index (κ1) is 17.5. The van der Waals surface area contributed by atoms with Crippen LogP contribution >= 0.6 is 0 Å². The molecule has 2 aromatic carbocycles. The monoisotopic (exact) mass is 349 g/mol. The molecule has 0 aliphatic heterocycles. The molecule has 24 heavy (non-hydrogen) atoms. The molecular weight excluding hydrogens is 337 g/mol. The lowest BCUT2D eigenvalue weighted by Gasteiger charge is -2.08. The van der Waals surface area contributed by atoms with Gasteiger partial charge in [0.25, 0.3) is 5.69 Å². The molecule has 0 saturated carbocycles. The molecule has 0 fully saturated rings. The maximum atomic E-state index is 13.7. The zero-order chi connectivity index (χ0) is 17.7.